The van der Waals surface area contributed by atoms with E-state index in [9.17, 15) is 24.6 Å². The van der Waals surface area contributed by atoms with Crippen LogP contribution in [0.25, 0.3) is 10.9 Å². The minimum absolute atomic E-state index is 0.189. The van der Waals surface area contributed by atoms with E-state index in [0.717, 1.165) is 11.6 Å². The Kier molecular flexibility index (Phi) is 4.15. The third kappa shape index (κ3) is 3.11. The molecule has 140 valence electrons. The molecule has 0 saturated carbocycles. The van der Waals surface area contributed by atoms with Crippen LogP contribution in [0.2, 0.25) is 0 Å². The number of nitrogens with zero attached hydrogens (tertiary/aromatic N) is 1. The summed E-state index contributed by atoms with van der Waals surface area (Å²) in [4.78, 5) is 39.3. The number of carboxylic acids is 2. The predicted octanol–water partition coefficient (Wildman–Crippen LogP) is 3.13. The van der Waals surface area contributed by atoms with E-state index in [0.29, 0.717) is 11.4 Å². The molecule has 0 aliphatic carbocycles. The van der Waals surface area contributed by atoms with E-state index in [-0.39, 0.29) is 40.5 Å². The fourth-order valence-corrected chi connectivity index (χ4v) is 3.29. The predicted molar refractivity (Wildman–Crippen MR) is 102 cm³/mol. The number of hydrogen-bond acceptors (Lipinski definition) is 5. The maximum Gasteiger partial charge on any atom is 0.354 e. The van der Waals surface area contributed by atoms with E-state index >= 15 is 0 Å². The van der Waals surface area contributed by atoms with Gasteiger partial charge in [-0.15, -0.1) is 0 Å². The van der Waals surface area contributed by atoms with Crippen molar-refractivity contribution in [2.45, 2.75) is 12.5 Å². The Balaban J connectivity index is 1.89. The fraction of sp³-hybridized carbons (Fsp3) is 0.100. The van der Waals surface area contributed by atoms with E-state index in [1.807, 2.05) is 30.3 Å². The van der Waals surface area contributed by atoms with Crippen LogP contribution in [0.4, 0.5) is 11.4 Å². The first-order chi connectivity index (χ1) is 13.4. The van der Waals surface area contributed by atoms with Crippen molar-refractivity contribution in [2.75, 3.05) is 10.6 Å². The topological polar surface area (TPSA) is 129 Å². The summed E-state index contributed by atoms with van der Waals surface area (Å²) < 4.78 is 0. The summed E-state index contributed by atoms with van der Waals surface area (Å²) in [6.45, 7) is 0. The molecule has 1 atom stereocenters. The third-order valence-corrected chi connectivity index (χ3v) is 4.59. The standard InChI is InChI=1S/C20H15N3O5/c24-18-9-13(10-4-2-1-3-5-10)21-16-8-14-11(6-15(16)23-18)12(19(25)26)7-17(22-14)20(27)28/h1-8,13,21H,9H2,(H,23,24)(H,25,26)(H,27,28). The summed E-state index contributed by atoms with van der Waals surface area (Å²) >= 11 is 0. The Bertz CT molecular complexity index is 1130. The average Bonchev–Trinajstić information content (AvgIpc) is 2.83. The Morgan fingerprint density at radius 3 is 2.43 bits per heavy atom. The van der Waals surface area contributed by atoms with Gasteiger partial charge in [-0.25, -0.2) is 14.6 Å². The maximum absolute atomic E-state index is 12.4. The highest BCUT2D eigenvalue weighted by atomic mass is 16.4. The number of amides is 1. The average molecular weight is 377 g/mol. The molecule has 0 bridgehead atoms. The molecule has 2 heterocycles. The molecule has 1 amide bonds. The molecule has 1 aromatic heterocycles. The Labute approximate surface area is 158 Å². The quantitative estimate of drug-likeness (QED) is 0.552. The second kappa shape index (κ2) is 6.66. The van der Waals surface area contributed by atoms with E-state index in [2.05, 4.69) is 15.6 Å². The SMILES string of the molecule is O=C1CC(c2ccccc2)Nc2cc3nc(C(=O)O)cc(C(=O)O)c3cc2N1. The van der Waals surface area contributed by atoms with Crippen molar-refractivity contribution in [3.8, 4) is 0 Å². The molecule has 8 heteroatoms. The van der Waals surface area contributed by atoms with Crippen LogP contribution >= 0.6 is 0 Å². The number of carboxylic acid groups (broad SMARTS) is 2. The molecule has 1 aliphatic rings. The molecule has 8 nitrogen and oxygen atoms in total. The van der Waals surface area contributed by atoms with Gasteiger partial charge in [0.05, 0.1) is 34.9 Å². The van der Waals surface area contributed by atoms with Crippen molar-refractivity contribution >= 4 is 40.1 Å². The molecular formula is C20H15N3O5. The largest absolute Gasteiger partial charge is 0.478 e. The lowest BCUT2D eigenvalue weighted by Crippen LogP contribution is -2.15. The summed E-state index contributed by atoms with van der Waals surface area (Å²) in [5, 5.41) is 25.0. The summed E-state index contributed by atoms with van der Waals surface area (Å²) in [7, 11) is 0. The Morgan fingerprint density at radius 1 is 1.00 bits per heavy atom. The van der Waals surface area contributed by atoms with Crippen LogP contribution in [0.3, 0.4) is 0 Å². The van der Waals surface area contributed by atoms with Crippen molar-refractivity contribution in [1.29, 1.82) is 0 Å². The van der Waals surface area contributed by atoms with Crippen molar-refractivity contribution in [2.24, 2.45) is 0 Å². The highest BCUT2D eigenvalue weighted by Crippen LogP contribution is 2.36. The number of aromatic carboxylic acids is 2. The van der Waals surface area contributed by atoms with Gasteiger partial charge in [0.15, 0.2) is 0 Å². The smallest absolute Gasteiger partial charge is 0.354 e. The van der Waals surface area contributed by atoms with Crippen LogP contribution in [-0.2, 0) is 4.79 Å². The van der Waals surface area contributed by atoms with Gasteiger partial charge in [0.2, 0.25) is 5.91 Å². The van der Waals surface area contributed by atoms with Crippen LogP contribution in [0.1, 0.15) is 38.9 Å². The van der Waals surface area contributed by atoms with Crippen molar-refractivity contribution in [3.05, 3.63) is 65.4 Å². The molecule has 4 N–H and O–H groups in total. The Hall–Kier alpha value is -3.94. The van der Waals surface area contributed by atoms with Crippen LogP contribution in [0.5, 0.6) is 0 Å². The lowest BCUT2D eigenvalue weighted by atomic mass is 10.0. The molecule has 2 aromatic carbocycles. The molecule has 0 fully saturated rings. The monoisotopic (exact) mass is 377 g/mol. The van der Waals surface area contributed by atoms with E-state index < -0.39 is 11.9 Å². The lowest BCUT2D eigenvalue weighted by Gasteiger charge is -2.18. The molecule has 0 spiro atoms. The van der Waals surface area contributed by atoms with Gasteiger partial charge in [0.1, 0.15) is 5.69 Å². The minimum atomic E-state index is -1.32. The lowest BCUT2D eigenvalue weighted by molar-refractivity contribution is -0.116. The summed E-state index contributed by atoms with van der Waals surface area (Å²) in [5.74, 6) is -2.81. The van der Waals surface area contributed by atoms with Crippen molar-refractivity contribution in [1.82, 2.24) is 4.98 Å². The number of anilines is 2. The number of carbonyl (C=O) groups is 3. The number of pyridine rings is 1. The molecular weight excluding hydrogens is 362 g/mol. The van der Waals surface area contributed by atoms with Gasteiger partial charge in [0.25, 0.3) is 0 Å². The van der Waals surface area contributed by atoms with Gasteiger partial charge >= 0.3 is 11.9 Å². The number of benzene rings is 2. The number of nitrogens with one attached hydrogen (secondary N) is 2. The fourth-order valence-electron chi connectivity index (χ4n) is 3.29. The molecule has 0 saturated heterocycles. The first-order valence-corrected chi connectivity index (χ1v) is 8.49. The van der Waals surface area contributed by atoms with Gasteiger partial charge in [-0.1, -0.05) is 30.3 Å². The van der Waals surface area contributed by atoms with Crippen LogP contribution in [0, 0.1) is 0 Å². The summed E-state index contributed by atoms with van der Waals surface area (Å²) in [5.41, 5.74) is 1.54. The summed E-state index contributed by atoms with van der Waals surface area (Å²) in [6.07, 6.45) is 0.189. The van der Waals surface area contributed by atoms with Gasteiger partial charge in [-0.05, 0) is 23.8 Å². The molecule has 1 aliphatic heterocycles. The number of fused-ring (bicyclic) bond motifs is 2. The zero-order valence-corrected chi connectivity index (χ0v) is 14.5. The second-order valence-electron chi connectivity index (χ2n) is 6.44. The van der Waals surface area contributed by atoms with E-state index in [1.54, 1.807) is 6.07 Å². The van der Waals surface area contributed by atoms with Crippen LogP contribution in [-0.4, -0.2) is 33.0 Å². The Morgan fingerprint density at radius 2 is 1.75 bits per heavy atom. The third-order valence-electron chi connectivity index (χ3n) is 4.59. The van der Waals surface area contributed by atoms with Crippen molar-refractivity contribution < 1.29 is 24.6 Å². The maximum atomic E-state index is 12.4. The zero-order valence-electron chi connectivity index (χ0n) is 14.5. The highest BCUT2D eigenvalue weighted by molar-refractivity contribution is 6.09. The molecule has 4 rings (SSSR count). The van der Waals surface area contributed by atoms with E-state index in [4.69, 9.17) is 0 Å². The first kappa shape index (κ1) is 17.5. The van der Waals surface area contributed by atoms with Gasteiger partial charge < -0.3 is 20.8 Å². The number of rotatable bonds is 3. The van der Waals surface area contributed by atoms with Crippen LogP contribution in [0.15, 0.2) is 48.5 Å². The molecule has 0 radical (unpaired) electrons. The second-order valence-corrected chi connectivity index (χ2v) is 6.44. The molecule has 1 unspecified atom stereocenters. The zero-order chi connectivity index (χ0) is 19.8. The number of hydrogen-bond donors (Lipinski definition) is 4. The number of carbonyl (C=O) groups excluding carboxylic acids is 1. The van der Waals surface area contributed by atoms with Gasteiger partial charge in [-0.2, -0.15) is 0 Å². The molecule has 28 heavy (non-hydrogen) atoms. The van der Waals surface area contributed by atoms with Crippen molar-refractivity contribution in [3.63, 3.8) is 0 Å². The highest BCUT2D eigenvalue weighted by Gasteiger charge is 2.24. The first-order valence-electron chi connectivity index (χ1n) is 8.49. The van der Waals surface area contributed by atoms with Crippen LogP contribution < -0.4 is 10.6 Å². The minimum Gasteiger partial charge on any atom is -0.478 e. The van der Waals surface area contributed by atoms with Gasteiger partial charge in [-0.3, -0.25) is 4.79 Å². The number of aromatic nitrogens is 1. The summed E-state index contributed by atoms with van der Waals surface area (Å²) in [6, 6.07) is 13.2. The normalized spacial score (nSPS) is 15.9. The van der Waals surface area contributed by atoms with Gasteiger partial charge in [0, 0.05) is 5.39 Å². The van der Waals surface area contributed by atoms with E-state index in [1.165, 1.54) is 6.07 Å². The molecule has 3 aromatic rings.